The summed E-state index contributed by atoms with van der Waals surface area (Å²) < 4.78 is 10.6. The maximum Gasteiger partial charge on any atom is 0.410 e. The summed E-state index contributed by atoms with van der Waals surface area (Å²) in [5.74, 6) is 0.525. The van der Waals surface area contributed by atoms with Gasteiger partial charge in [-0.15, -0.1) is 0 Å². The maximum atomic E-state index is 11.7. The van der Waals surface area contributed by atoms with Crippen LogP contribution in [0.4, 0.5) is 4.79 Å². The van der Waals surface area contributed by atoms with Crippen LogP contribution in [0.1, 0.15) is 27.2 Å². The molecule has 2 atom stereocenters. The largest absolute Gasteiger partial charge is 0.444 e. The van der Waals surface area contributed by atoms with Crippen molar-refractivity contribution in [1.29, 1.82) is 0 Å². The van der Waals surface area contributed by atoms with Gasteiger partial charge in [0, 0.05) is 19.0 Å². The summed E-state index contributed by atoms with van der Waals surface area (Å²) in [7, 11) is 0. The van der Waals surface area contributed by atoms with Crippen LogP contribution in [0.3, 0.4) is 0 Å². The highest BCUT2D eigenvalue weighted by Crippen LogP contribution is 2.29. The molecule has 0 spiro atoms. The van der Waals surface area contributed by atoms with Gasteiger partial charge in [0.1, 0.15) is 5.60 Å². The molecule has 86 valence electrons. The van der Waals surface area contributed by atoms with E-state index in [1.54, 1.807) is 4.90 Å². The van der Waals surface area contributed by atoms with E-state index in [1.165, 1.54) is 0 Å². The molecule has 2 heterocycles. The molecule has 2 fully saturated rings. The highest BCUT2D eigenvalue weighted by molar-refractivity contribution is 5.68. The SMILES string of the molecule is CC(C)(C)OC(=O)N1CCC([C@H]2CO2)C1. The van der Waals surface area contributed by atoms with Crippen molar-refractivity contribution in [2.45, 2.75) is 38.9 Å². The van der Waals surface area contributed by atoms with Gasteiger partial charge in [0.2, 0.25) is 0 Å². The lowest BCUT2D eigenvalue weighted by Crippen LogP contribution is -2.35. The zero-order chi connectivity index (χ0) is 11.1. The molecule has 2 saturated heterocycles. The summed E-state index contributed by atoms with van der Waals surface area (Å²) >= 11 is 0. The minimum atomic E-state index is -0.398. The fourth-order valence-electron chi connectivity index (χ4n) is 1.91. The molecule has 0 bridgehead atoms. The van der Waals surface area contributed by atoms with Crippen LogP contribution in [0.25, 0.3) is 0 Å². The smallest absolute Gasteiger partial charge is 0.410 e. The highest BCUT2D eigenvalue weighted by Gasteiger charge is 2.39. The molecular formula is C11H19NO3. The third-order valence-corrected chi connectivity index (χ3v) is 2.76. The standard InChI is InChI=1S/C11H19NO3/c1-11(2,3)15-10(13)12-5-4-8(6-12)9-7-14-9/h8-9H,4-7H2,1-3H3/t8?,9-/m1/s1. The van der Waals surface area contributed by atoms with Gasteiger partial charge < -0.3 is 14.4 Å². The number of epoxide rings is 1. The summed E-state index contributed by atoms with van der Waals surface area (Å²) in [5, 5.41) is 0. The second kappa shape index (κ2) is 3.67. The average Bonchev–Trinajstić information content (AvgIpc) is 2.81. The van der Waals surface area contributed by atoms with E-state index in [4.69, 9.17) is 9.47 Å². The van der Waals surface area contributed by atoms with Crippen LogP contribution in [0.5, 0.6) is 0 Å². The molecule has 1 unspecified atom stereocenters. The normalized spacial score (nSPS) is 30.5. The number of carbonyl (C=O) groups is 1. The quantitative estimate of drug-likeness (QED) is 0.622. The Kier molecular flexibility index (Phi) is 2.63. The van der Waals surface area contributed by atoms with Crippen molar-refractivity contribution in [1.82, 2.24) is 4.90 Å². The number of nitrogens with zero attached hydrogens (tertiary/aromatic N) is 1. The fourth-order valence-corrected chi connectivity index (χ4v) is 1.91. The number of amides is 1. The fraction of sp³-hybridized carbons (Fsp3) is 0.909. The molecule has 0 aromatic rings. The molecule has 0 aromatic carbocycles. The van der Waals surface area contributed by atoms with Crippen molar-refractivity contribution in [2.24, 2.45) is 5.92 Å². The Bertz CT molecular complexity index is 255. The molecule has 2 rings (SSSR count). The van der Waals surface area contributed by atoms with Crippen molar-refractivity contribution in [2.75, 3.05) is 19.7 Å². The Morgan fingerprint density at radius 2 is 2.13 bits per heavy atom. The van der Waals surface area contributed by atoms with Gasteiger partial charge in [0.05, 0.1) is 12.7 Å². The van der Waals surface area contributed by atoms with E-state index in [0.29, 0.717) is 12.0 Å². The Labute approximate surface area is 90.5 Å². The first-order chi connectivity index (χ1) is 6.96. The summed E-state index contributed by atoms with van der Waals surface area (Å²) in [6.07, 6.45) is 1.26. The minimum absolute atomic E-state index is 0.189. The highest BCUT2D eigenvalue weighted by atomic mass is 16.6. The van der Waals surface area contributed by atoms with E-state index >= 15 is 0 Å². The molecule has 0 radical (unpaired) electrons. The Balaban J connectivity index is 1.82. The predicted octanol–water partition coefficient (Wildman–Crippen LogP) is 1.64. The van der Waals surface area contributed by atoms with Gasteiger partial charge in [-0.3, -0.25) is 0 Å². The van der Waals surface area contributed by atoms with Crippen molar-refractivity contribution < 1.29 is 14.3 Å². The molecule has 2 aliphatic rings. The Morgan fingerprint density at radius 1 is 1.47 bits per heavy atom. The van der Waals surface area contributed by atoms with E-state index in [0.717, 1.165) is 26.1 Å². The van der Waals surface area contributed by atoms with E-state index in [-0.39, 0.29) is 6.09 Å². The van der Waals surface area contributed by atoms with Crippen LogP contribution in [-0.4, -0.2) is 42.4 Å². The molecule has 0 N–H and O–H groups in total. The van der Waals surface area contributed by atoms with Crippen LogP contribution in [0.15, 0.2) is 0 Å². The number of hydrogen-bond acceptors (Lipinski definition) is 3. The molecule has 0 aliphatic carbocycles. The molecule has 1 amide bonds. The lowest BCUT2D eigenvalue weighted by Gasteiger charge is -2.24. The zero-order valence-electron chi connectivity index (χ0n) is 9.66. The summed E-state index contributed by atoms with van der Waals surface area (Å²) in [4.78, 5) is 13.5. The summed E-state index contributed by atoms with van der Waals surface area (Å²) in [6, 6.07) is 0. The number of likely N-dealkylation sites (tertiary alicyclic amines) is 1. The predicted molar refractivity (Wildman–Crippen MR) is 55.7 cm³/mol. The van der Waals surface area contributed by atoms with Crippen LogP contribution in [0.2, 0.25) is 0 Å². The first-order valence-electron chi connectivity index (χ1n) is 5.55. The van der Waals surface area contributed by atoms with Crippen LogP contribution in [0, 0.1) is 5.92 Å². The Hall–Kier alpha value is -0.770. The third-order valence-electron chi connectivity index (χ3n) is 2.76. The van der Waals surface area contributed by atoms with Gasteiger partial charge in [0.25, 0.3) is 0 Å². The second-order valence-electron chi connectivity index (χ2n) is 5.35. The number of hydrogen-bond donors (Lipinski definition) is 0. The zero-order valence-corrected chi connectivity index (χ0v) is 9.66. The molecular weight excluding hydrogens is 194 g/mol. The van der Waals surface area contributed by atoms with Crippen molar-refractivity contribution in [3.8, 4) is 0 Å². The topological polar surface area (TPSA) is 42.1 Å². The van der Waals surface area contributed by atoms with E-state index in [1.807, 2.05) is 20.8 Å². The monoisotopic (exact) mass is 213 g/mol. The molecule has 2 aliphatic heterocycles. The van der Waals surface area contributed by atoms with E-state index in [2.05, 4.69) is 0 Å². The second-order valence-corrected chi connectivity index (χ2v) is 5.35. The lowest BCUT2D eigenvalue weighted by atomic mass is 10.1. The summed E-state index contributed by atoms with van der Waals surface area (Å²) in [5.41, 5.74) is -0.398. The van der Waals surface area contributed by atoms with Gasteiger partial charge in [-0.1, -0.05) is 0 Å². The van der Waals surface area contributed by atoms with E-state index in [9.17, 15) is 4.79 Å². The van der Waals surface area contributed by atoms with Crippen molar-refractivity contribution in [3.63, 3.8) is 0 Å². The van der Waals surface area contributed by atoms with Gasteiger partial charge in [-0.2, -0.15) is 0 Å². The van der Waals surface area contributed by atoms with Crippen LogP contribution in [-0.2, 0) is 9.47 Å². The Morgan fingerprint density at radius 3 is 2.67 bits per heavy atom. The lowest BCUT2D eigenvalue weighted by molar-refractivity contribution is 0.0286. The van der Waals surface area contributed by atoms with Crippen molar-refractivity contribution in [3.05, 3.63) is 0 Å². The molecule has 0 saturated carbocycles. The maximum absolute atomic E-state index is 11.7. The molecule has 0 aromatic heterocycles. The van der Waals surface area contributed by atoms with Gasteiger partial charge in [-0.25, -0.2) is 4.79 Å². The summed E-state index contributed by atoms with van der Waals surface area (Å²) in [6.45, 7) is 8.14. The molecule has 15 heavy (non-hydrogen) atoms. The van der Waals surface area contributed by atoms with Gasteiger partial charge in [-0.05, 0) is 27.2 Å². The number of carbonyl (C=O) groups excluding carboxylic acids is 1. The first-order valence-corrected chi connectivity index (χ1v) is 5.55. The van der Waals surface area contributed by atoms with E-state index < -0.39 is 5.60 Å². The first kappa shape index (κ1) is 10.7. The van der Waals surface area contributed by atoms with Crippen molar-refractivity contribution >= 4 is 6.09 Å². The molecule has 4 heteroatoms. The van der Waals surface area contributed by atoms with Gasteiger partial charge >= 0.3 is 6.09 Å². The minimum Gasteiger partial charge on any atom is -0.444 e. The van der Waals surface area contributed by atoms with Crippen LogP contribution < -0.4 is 0 Å². The third kappa shape index (κ3) is 2.84. The van der Waals surface area contributed by atoms with Crippen LogP contribution >= 0.6 is 0 Å². The number of rotatable bonds is 1. The number of ether oxygens (including phenoxy) is 2. The molecule has 4 nitrogen and oxygen atoms in total. The van der Waals surface area contributed by atoms with Gasteiger partial charge in [0.15, 0.2) is 0 Å². The average molecular weight is 213 g/mol.